The molecule has 1 fully saturated rings. The van der Waals surface area contributed by atoms with E-state index in [-0.39, 0.29) is 6.04 Å². The van der Waals surface area contributed by atoms with Crippen molar-refractivity contribution in [3.05, 3.63) is 0 Å². The first-order chi connectivity index (χ1) is 4.88. The van der Waals surface area contributed by atoms with Gasteiger partial charge in [-0.3, -0.25) is 4.90 Å². The van der Waals surface area contributed by atoms with Crippen molar-refractivity contribution in [2.24, 2.45) is 0 Å². The van der Waals surface area contributed by atoms with Crippen LogP contribution in [0.25, 0.3) is 0 Å². The molecule has 0 aromatic rings. The molecule has 1 rings (SSSR count). The molecule has 0 spiro atoms. The quantitative estimate of drug-likeness (QED) is 0.547. The number of nitrogens with one attached hydrogen (secondary N) is 1. The molecule has 1 unspecified atom stereocenters. The second-order valence-electron chi connectivity index (χ2n) is 2.48. The summed E-state index contributed by atoms with van der Waals surface area (Å²) < 4.78 is 0. The molecule has 0 aromatic heterocycles. The van der Waals surface area contributed by atoms with Crippen LogP contribution in [-0.2, 0) is 0 Å². The molecule has 3 nitrogen and oxygen atoms in total. The zero-order valence-electron chi connectivity index (χ0n) is 6.30. The van der Waals surface area contributed by atoms with Gasteiger partial charge >= 0.3 is 0 Å². The van der Waals surface area contributed by atoms with Gasteiger partial charge in [-0.25, -0.2) is 0 Å². The summed E-state index contributed by atoms with van der Waals surface area (Å²) in [6.07, 6.45) is 0. The van der Waals surface area contributed by atoms with Crippen molar-refractivity contribution in [3.63, 3.8) is 0 Å². The van der Waals surface area contributed by atoms with Gasteiger partial charge in [0.05, 0.1) is 6.07 Å². The van der Waals surface area contributed by atoms with E-state index in [1.807, 2.05) is 0 Å². The lowest BCUT2D eigenvalue weighted by molar-refractivity contribution is 0.207. The highest BCUT2D eigenvalue weighted by Crippen LogP contribution is 1.99. The minimum Gasteiger partial charge on any atom is -0.313 e. The van der Waals surface area contributed by atoms with Gasteiger partial charge in [0.2, 0.25) is 0 Å². The molecule has 0 aromatic carbocycles. The Bertz CT molecular complexity index is 138. The van der Waals surface area contributed by atoms with Crippen molar-refractivity contribution >= 4 is 0 Å². The van der Waals surface area contributed by atoms with Gasteiger partial charge in [-0.15, -0.1) is 0 Å². The normalized spacial score (nSPS) is 27.8. The van der Waals surface area contributed by atoms with E-state index in [0.717, 1.165) is 26.2 Å². The van der Waals surface area contributed by atoms with Crippen LogP contribution in [0.15, 0.2) is 0 Å². The highest BCUT2D eigenvalue weighted by molar-refractivity contribution is 4.95. The Balaban J connectivity index is 2.44. The minimum atomic E-state index is 0.0961. The Morgan fingerprint density at radius 3 is 3.10 bits per heavy atom. The number of hydrogen-bond donors (Lipinski definition) is 1. The maximum absolute atomic E-state index is 8.66. The molecule has 1 atom stereocenters. The zero-order valence-corrected chi connectivity index (χ0v) is 6.30. The molecule has 1 aliphatic rings. The fraction of sp³-hybridized carbons (Fsp3) is 0.857. The standard InChI is InChI=1S/C7H13N3/c1-2-10-4-3-9-6-7(10)5-8/h7,9H,2-4,6H2,1H3. The minimum absolute atomic E-state index is 0.0961. The fourth-order valence-corrected chi connectivity index (χ4v) is 1.25. The van der Waals surface area contributed by atoms with Gasteiger partial charge in [0, 0.05) is 19.6 Å². The molecular weight excluding hydrogens is 126 g/mol. The summed E-state index contributed by atoms with van der Waals surface area (Å²) in [5.41, 5.74) is 0. The Morgan fingerprint density at radius 1 is 1.80 bits per heavy atom. The zero-order chi connectivity index (χ0) is 7.40. The van der Waals surface area contributed by atoms with Crippen molar-refractivity contribution < 1.29 is 0 Å². The third kappa shape index (κ3) is 1.47. The lowest BCUT2D eigenvalue weighted by Crippen LogP contribution is -2.50. The van der Waals surface area contributed by atoms with Crippen LogP contribution < -0.4 is 5.32 Å². The van der Waals surface area contributed by atoms with Crippen LogP contribution in [0.2, 0.25) is 0 Å². The lowest BCUT2D eigenvalue weighted by Gasteiger charge is -2.30. The second kappa shape index (κ2) is 3.55. The predicted octanol–water partition coefficient (Wildman–Crippen LogP) is -0.196. The highest BCUT2D eigenvalue weighted by atomic mass is 15.2. The molecule has 0 radical (unpaired) electrons. The molecule has 0 saturated carbocycles. The Morgan fingerprint density at radius 2 is 2.60 bits per heavy atom. The molecule has 0 amide bonds. The monoisotopic (exact) mass is 139 g/mol. The number of piperazine rings is 1. The second-order valence-corrected chi connectivity index (χ2v) is 2.48. The smallest absolute Gasteiger partial charge is 0.110 e. The maximum atomic E-state index is 8.66. The third-order valence-electron chi connectivity index (χ3n) is 1.91. The summed E-state index contributed by atoms with van der Waals surface area (Å²) in [6, 6.07) is 2.36. The molecule has 56 valence electrons. The number of hydrogen-bond acceptors (Lipinski definition) is 3. The fourth-order valence-electron chi connectivity index (χ4n) is 1.25. The number of rotatable bonds is 1. The van der Waals surface area contributed by atoms with E-state index in [0.29, 0.717) is 0 Å². The van der Waals surface area contributed by atoms with Gasteiger partial charge in [0.1, 0.15) is 6.04 Å². The molecule has 0 aliphatic carbocycles. The molecule has 1 aliphatic heterocycles. The molecule has 1 N–H and O–H groups in total. The van der Waals surface area contributed by atoms with Crippen molar-refractivity contribution in [1.29, 1.82) is 5.26 Å². The van der Waals surface area contributed by atoms with Crippen LogP contribution in [0.3, 0.4) is 0 Å². The highest BCUT2D eigenvalue weighted by Gasteiger charge is 2.18. The Hall–Kier alpha value is -0.590. The summed E-state index contributed by atoms with van der Waals surface area (Å²) >= 11 is 0. The average Bonchev–Trinajstić information content (AvgIpc) is 2.04. The van der Waals surface area contributed by atoms with E-state index in [2.05, 4.69) is 23.2 Å². The van der Waals surface area contributed by atoms with Gasteiger partial charge < -0.3 is 5.32 Å². The van der Waals surface area contributed by atoms with Gasteiger partial charge in [-0.2, -0.15) is 5.26 Å². The maximum Gasteiger partial charge on any atom is 0.110 e. The number of likely N-dealkylation sites (N-methyl/N-ethyl adjacent to an activating group) is 1. The van der Waals surface area contributed by atoms with E-state index >= 15 is 0 Å². The first-order valence-corrected chi connectivity index (χ1v) is 3.73. The van der Waals surface area contributed by atoms with E-state index in [9.17, 15) is 0 Å². The van der Waals surface area contributed by atoms with Gasteiger partial charge in [0.15, 0.2) is 0 Å². The van der Waals surface area contributed by atoms with Crippen molar-refractivity contribution in [2.45, 2.75) is 13.0 Å². The van der Waals surface area contributed by atoms with Crippen LogP contribution in [0.5, 0.6) is 0 Å². The number of nitriles is 1. The van der Waals surface area contributed by atoms with Crippen molar-refractivity contribution in [1.82, 2.24) is 10.2 Å². The van der Waals surface area contributed by atoms with Crippen LogP contribution in [0.1, 0.15) is 6.92 Å². The SMILES string of the molecule is CCN1CCNCC1C#N. The molecule has 0 bridgehead atoms. The summed E-state index contributed by atoms with van der Waals surface area (Å²) in [5.74, 6) is 0. The largest absolute Gasteiger partial charge is 0.313 e. The molecule has 1 heterocycles. The predicted molar refractivity (Wildman–Crippen MR) is 39.5 cm³/mol. The molecule has 3 heteroatoms. The van der Waals surface area contributed by atoms with Gasteiger partial charge in [0.25, 0.3) is 0 Å². The summed E-state index contributed by atoms with van der Waals surface area (Å²) in [4.78, 5) is 2.19. The first kappa shape index (κ1) is 7.52. The molecule has 1 saturated heterocycles. The molecule has 10 heavy (non-hydrogen) atoms. The Kier molecular flexibility index (Phi) is 2.67. The van der Waals surface area contributed by atoms with Crippen LogP contribution in [-0.4, -0.2) is 37.1 Å². The van der Waals surface area contributed by atoms with Gasteiger partial charge in [-0.05, 0) is 6.54 Å². The lowest BCUT2D eigenvalue weighted by atomic mass is 10.2. The van der Waals surface area contributed by atoms with E-state index in [1.165, 1.54) is 0 Å². The van der Waals surface area contributed by atoms with E-state index < -0.39 is 0 Å². The average molecular weight is 139 g/mol. The topological polar surface area (TPSA) is 39.1 Å². The first-order valence-electron chi connectivity index (χ1n) is 3.73. The summed E-state index contributed by atoms with van der Waals surface area (Å²) in [5, 5.41) is 11.8. The number of nitrogens with zero attached hydrogens (tertiary/aromatic N) is 2. The van der Waals surface area contributed by atoms with Crippen LogP contribution in [0.4, 0.5) is 0 Å². The van der Waals surface area contributed by atoms with Crippen molar-refractivity contribution in [3.8, 4) is 6.07 Å². The Labute approximate surface area is 61.6 Å². The summed E-state index contributed by atoms with van der Waals surface area (Å²) in [7, 11) is 0. The molecular formula is C7H13N3. The third-order valence-corrected chi connectivity index (χ3v) is 1.91. The van der Waals surface area contributed by atoms with Crippen LogP contribution >= 0.6 is 0 Å². The van der Waals surface area contributed by atoms with Crippen LogP contribution in [0, 0.1) is 11.3 Å². The van der Waals surface area contributed by atoms with E-state index in [4.69, 9.17) is 5.26 Å². The summed E-state index contributed by atoms with van der Waals surface area (Å²) in [6.45, 7) is 5.93. The van der Waals surface area contributed by atoms with Gasteiger partial charge in [-0.1, -0.05) is 6.92 Å². The van der Waals surface area contributed by atoms with E-state index in [1.54, 1.807) is 0 Å². The van der Waals surface area contributed by atoms with Crippen molar-refractivity contribution in [2.75, 3.05) is 26.2 Å².